The van der Waals surface area contributed by atoms with Crippen molar-refractivity contribution in [1.29, 1.82) is 0 Å². The van der Waals surface area contributed by atoms with Crippen molar-refractivity contribution < 1.29 is 28.7 Å². The summed E-state index contributed by atoms with van der Waals surface area (Å²) in [5, 5.41) is 3.57. The normalized spacial score (nSPS) is 13.4. The van der Waals surface area contributed by atoms with Crippen LogP contribution in [0, 0.1) is 6.92 Å². The Morgan fingerprint density at radius 1 is 0.527 bits per heavy atom. The van der Waals surface area contributed by atoms with Crippen LogP contribution in [0.15, 0.2) is 139 Å². The van der Waals surface area contributed by atoms with Gasteiger partial charge in [-0.1, -0.05) is 67.5 Å². The number of aryl methyl sites for hydroxylation is 1. The zero-order valence-corrected chi connectivity index (χ0v) is 29.9. The number of ether oxygens (including phenoxy) is 2. The Kier molecular flexibility index (Phi) is 8.48. The Hall–Kier alpha value is -7.49. The lowest BCUT2D eigenvalue weighted by Crippen LogP contribution is -2.29. The lowest BCUT2D eigenvalue weighted by atomic mass is 9.78. The van der Waals surface area contributed by atoms with E-state index in [1.807, 2.05) is 67.6 Å². The Labute approximate surface area is 315 Å². The molecule has 55 heavy (non-hydrogen) atoms. The summed E-state index contributed by atoms with van der Waals surface area (Å²) in [5.74, 6) is 0.256. The summed E-state index contributed by atoms with van der Waals surface area (Å²) in [6.07, 6.45) is 0. The first-order chi connectivity index (χ1) is 26.5. The molecule has 11 heteroatoms. The molecule has 6 aromatic rings. The van der Waals surface area contributed by atoms with Gasteiger partial charge in [-0.3, -0.25) is 19.2 Å². The molecular weight excluding hydrogens is 695 g/mol. The van der Waals surface area contributed by atoms with Gasteiger partial charge in [-0.2, -0.15) is 0 Å². The van der Waals surface area contributed by atoms with Crippen LogP contribution in [0.1, 0.15) is 72.0 Å². The van der Waals surface area contributed by atoms with Gasteiger partial charge in [-0.05, 0) is 114 Å². The van der Waals surface area contributed by atoms with Crippen LogP contribution >= 0.6 is 0 Å². The predicted octanol–water partition coefficient (Wildman–Crippen LogP) is 10.4. The van der Waals surface area contributed by atoms with Gasteiger partial charge in [0.25, 0.3) is 23.6 Å². The molecule has 0 aromatic heterocycles. The van der Waals surface area contributed by atoms with E-state index in [4.69, 9.17) is 15.0 Å². The molecular formula is C44H31N5O6. The Morgan fingerprint density at radius 3 is 1.44 bits per heavy atom. The molecule has 0 bridgehead atoms. The Morgan fingerprint density at radius 2 is 0.964 bits per heavy atom. The second-order valence-electron chi connectivity index (χ2n) is 13.7. The molecule has 0 unspecified atom stereocenters. The number of hydrogen-bond acceptors (Lipinski definition) is 7. The lowest BCUT2D eigenvalue weighted by Gasteiger charge is -2.26. The molecule has 0 saturated carbocycles. The minimum absolute atomic E-state index is 0.214. The summed E-state index contributed by atoms with van der Waals surface area (Å²) >= 11 is 0. The maximum atomic E-state index is 13.3. The van der Waals surface area contributed by atoms with Crippen molar-refractivity contribution in [2.75, 3.05) is 9.80 Å². The van der Waals surface area contributed by atoms with Crippen LogP contribution in [0.3, 0.4) is 0 Å². The number of fused-ring (bicyclic) bond motifs is 2. The average Bonchev–Trinajstić information content (AvgIpc) is 3.58. The van der Waals surface area contributed by atoms with Crippen molar-refractivity contribution in [1.82, 2.24) is 0 Å². The quantitative estimate of drug-likeness (QED) is 0.0628. The molecule has 0 fully saturated rings. The molecule has 0 aliphatic carbocycles. The first-order valence-electron chi connectivity index (χ1n) is 17.4. The van der Waals surface area contributed by atoms with E-state index in [9.17, 15) is 19.2 Å². The first kappa shape index (κ1) is 34.6. The first-order valence-corrected chi connectivity index (χ1v) is 17.4. The summed E-state index contributed by atoms with van der Waals surface area (Å²) in [5.41, 5.74) is 13.6. The van der Waals surface area contributed by atoms with E-state index in [0.717, 1.165) is 21.6 Å². The third-order valence-electron chi connectivity index (χ3n) is 9.85. The van der Waals surface area contributed by atoms with Gasteiger partial charge in [0.2, 0.25) is 0 Å². The van der Waals surface area contributed by atoms with Gasteiger partial charge in [-0.15, -0.1) is 0 Å². The molecule has 0 atom stereocenters. The lowest BCUT2D eigenvalue weighted by molar-refractivity contribution is 0.0910. The van der Waals surface area contributed by atoms with E-state index in [2.05, 4.69) is 23.9 Å². The van der Waals surface area contributed by atoms with Gasteiger partial charge in [0.15, 0.2) is 0 Å². The SMILES string of the molecule is Cc1cccc(N2C(=O)c3ccc(Oc4ccc(C(C)(C)c5ccc(Oc6ccc7c(c6)C(=O)N(c6cccc(N=[N+]=[N-])c6)C7=O)cc5)cc4)cc3C2=O)c1. The highest BCUT2D eigenvalue weighted by atomic mass is 16.5. The number of anilines is 2. The molecule has 0 spiro atoms. The molecule has 2 aliphatic heterocycles. The van der Waals surface area contributed by atoms with Gasteiger partial charge >= 0.3 is 0 Å². The fourth-order valence-corrected chi connectivity index (χ4v) is 6.87. The van der Waals surface area contributed by atoms with Gasteiger partial charge in [-0.25, -0.2) is 9.80 Å². The highest BCUT2D eigenvalue weighted by molar-refractivity contribution is 6.35. The van der Waals surface area contributed by atoms with Gasteiger partial charge in [0.1, 0.15) is 23.0 Å². The van der Waals surface area contributed by atoms with Crippen LogP contribution in [-0.2, 0) is 5.41 Å². The van der Waals surface area contributed by atoms with E-state index in [-0.39, 0.29) is 28.6 Å². The van der Waals surface area contributed by atoms with Crippen LogP contribution in [0.4, 0.5) is 17.1 Å². The van der Waals surface area contributed by atoms with Crippen LogP contribution in [-0.4, -0.2) is 23.6 Å². The number of nitrogens with zero attached hydrogens (tertiary/aromatic N) is 5. The van der Waals surface area contributed by atoms with Gasteiger partial charge < -0.3 is 9.47 Å². The van der Waals surface area contributed by atoms with Crippen molar-refractivity contribution in [3.8, 4) is 23.0 Å². The fraction of sp³-hybridized carbons (Fsp3) is 0.0909. The zero-order valence-electron chi connectivity index (χ0n) is 29.9. The summed E-state index contributed by atoms with van der Waals surface area (Å²) in [6, 6.07) is 38.6. The van der Waals surface area contributed by atoms with E-state index >= 15 is 0 Å². The molecule has 0 radical (unpaired) electrons. The minimum atomic E-state index is -0.499. The third-order valence-corrected chi connectivity index (χ3v) is 9.85. The van der Waals surface area contributed by atoms with Crippen LogP contribution in [0.25, 0.3) is 10.4 Å². The smallest absolute Gasteiger partial charge is 0.266 e. The molecule has 6 aromatic carbocycles. The Bertz CT molecular complexity index is 2630. The van der Waals surface area contributed by atoms with E-state index < -0.39 is 17.2 Å². The second-order valence-corrected chi connectivity index (χ2v) is 13.7. The molecule has 2 heterocycles. The summed E-state index contributed by atoms with van der Waals surface area (Å²) in [4.78, 5) is 57.9. The highest BCUT2D eigenvalue weighted by Gasteiger charge is 2.38. The van der Waals surface area contributed by atoms with Gasteiger partial charge in [0.05, 0.1) is 33.6 Å². The van der Waals surface area contributed by atoms with E-state index in [1.54, 1.807) is 66.7 Å². The van der Waals surface area contributed by atoms with Gasteiger partial charge in [0, 0.05) is 16.0 Å². The van der Waals surface area contributed by atoms with Crippen molar-refractivity contribution in [3.63, 3.8) is 0 Å². The number of carbonyl (C=O) groups is 4. The number of imide groups is 2. The summed E-state index contributed by atoms with van der Waals surface area (Å²) < 4.78 is 12.2. The maximum Gasteiger partial charge on any atom is 0.266 e. The monoisotopic (exact) mass is 725 g/mol. The Balaban J connectivity index is 0.936. The summed E-state index contributed by atoms with van der Waals surface area (Å²) in [7, 11) is 0. The summed E-state index contributed by atoms with van der Waals surface area (Å²) in [6.45, 7) is 6.13. The van der Waals surface area contributed by atoms with Crippen LogP contribution in [0.5, 0.6) is 23.0 Å². The number of amides is 4. The number of carbonyl (C=O) groups excluding carboxylic acids is 4. The highest BCUT2D eigenvalue weighted by Crippen LogP contribution is 2.38. The number of azide groups is 1. The van der Waals surface area contributed by atoms with Crippen molar-refractivity contribution in [3.05, 3.63) is 183 Å². The molecule has 11 nitrogen and oxygen atoms in total. The molecule has 0 N–H and O–H groups in total. The van der Waals surface area contributed by atoms with Crippen molar-refractivity contribution >= 4 is 40.7 Å². The molecule has 2 aliphatic rings. The maximum absolute atomic E-state index is 13.3. The molecule has 0 saturated heterocycles. The standard InChI is InChI=1S/C44H31N5O6/c1-26-6-4-8-30(22-26)48-40(50)36-20-18-34(24-38(36)42(48)52)54-32-14-10-27(11-15-32)44(2,3)28-12-16-33(17-13-28)55-35-19-21-37-39(25-35)43(53)49(41(37)51)31-9-5-7-29(23-31)46-47-45/h4-25H,1-3H3. The number of rotatable bonds is 9. The molecule has 8 rings (SSSR count). The van der Waals surface area contributed by atoms with E-state index in [1.165, 1.54) is 11.0 Å². The zero-order chi connectivity index (χ0) is 38.4. The second kappa shape index (κ2) is 13.5. The third kappa shape index (κ3) is 6.24. The molecule has 4 amide bonds. The average molecular weight is 726 g/mol. The van der Waals surface area contributed by atoms with Crippen molar-refractivity contribution in [2.24, 2.45) is 5.11 Å². The molecule has 268 valence electrons. The minimum Gasteiger partial charge on any atom is -0.457 e. The topological polar surface area (TPSA) is 142 Å². The number of benzene rings is 6. The number of hydrogen-bond donors (Lipinski definition) is 0. The largest absolute Gasteiger partial charge is 0.457 e. The predicted molar refractivity (Wildman–Crippen MR) is 207 cm³/mol. The van der Waals surface area contributed by atoms with Crippen LogP contribution in [0.2, 0.25) is 0 Å². The van der Waals surface area contributed by atoms with Crippen LogP contribution < -0.4 is 19.3 Å². The fourth-order valence-electron chi connectivity index (χ4n) is 6.87. The van der Waals surface area contributed by atoms with Crippen molar-refractivity contribution in [2.45, 2.75) is 26.2 Å². The van der Waals surface area contributed by atoms with E-state index in [0.29, 0.717) is 45.5 Å².